The highest BCUT2D eigenvalue weighted by molar-refractivity contribution is 5.11. The molecule has 0 spiro atoms. The van der Waals surface area contributed by atoms with E-state index in [-0.39, 0.29) is 11.5 Å². The van der Waals surface area contributed by atoms with Crippen LogP contribution in [0.5, 0.6) is 0 Å². The lowest BCUT2D eigenvalue weighted by atomic mass is 9.91. The summed E-state index contributed by atoms with van der Waals surface area (Å²) in [5.41, 5.74) is 0.0349. The summed E-state index contributed by atoms with van der Waals surface area (Å²) in [5, 5.41) is 0. The fourth-order valence-electron chi connectivity index (χ4n) is 2.04. The van der Waals surface area contributed by atoms with Crippen LogP contribution in [0.15, 0.2) is 15.8 Å². The molecule has 5 heteroatoms. The van der Waals surface area contributed by atoms with Crippen LogP contribution >= 0.6 is 0 Å². The minimum absolute atomic E-state index is 0.242. The number of aromatic nitrogens is 2. The number of nitrogens with zero attached hydrogens (tertiary/aromatic N) is 1. The van der Waals surface area contributed by atoms with Gasteiger partial charge in [-0.3, -0.25) is 9.78 Å². The fraction of sp³-hybridized carbons (Fsp3) is 0.600. The third-order valence-corrected chi connectivity index (χ3v) is 3.01. The lowest BCUT2D eigenvalue weighted by Crippen LogP contribution is -2.33. The van der Waals surface area contributed by atoms with Gasteiger partial charge in [-0.2, -0.15) is 0 Å². The maximum absolute atomic E-state index is 11.5. The van der Waals surface area contributed by atoms with Crippen molar-refractivity contribution in [3.05, 3.63) is 32.6 Å². The lowest BCUT2D eigenvalue weighted by molar-refractivity contribution is 0.254. The highest BCUT2D eigenvalue weighted by Crippen LogP contribution is 2.23. The molecule has 0 saturated carbocycles. The van der Waals surface area contributed by atoms with Gasteiger partial charge >= 0.3 is 5.69 Å². The molecular weight excluding hydrogens is 194 g/mol. The molecule has 2 heterocycles. The van der Waals surface area contributed by atoms with Crippen molar-refractivity contribution in [3.63, 3.8) is 0 Å². The van der Waals surface area contributed by atoms with Gasteiger partial charge < -0.3 is 9.88 Å². The molecule has 1 aliphatic rings. The van der Waals surface area contributed by atoms with Gasteiger partial charge in [-0.05, 0) is 38.9 Å². The Morgan fingerprint density at radius 2 is 2.00 bits per heavy atom. The minimum atomic E-state index is -0.434. The van der Waals surface area contributed by atoms with Gasteiger partial charge in [0.25, 0.3) is 5.56 Å². The number of H-pyrrole nitrogens is 2. The number of aromatic amines is 2. The van der Waals surface area contributed by atoms with Crippen LogP contribution in [0.2, 0.25) is 0 Å². The lowest BCUT2D eigenvalue weighted by Gasteiger charge is -2.28. The van der Waals surface area contributed by atoms with Crippen LogP contribution < -0.4 is 11.2 Å². The quantitative estimate of drug-likeness (QED) is 0.677. The Balaban J connectivity index is 2.23. The third-order valence-electron chi connectivity index (χ3n) is 3.01. The van der Waals surface area contributed by atoms with Crippen LogP contribution in [0, 0.1) is 0 Å². The number of piperidine rings is 1. The zero-order valence-corrected chi connectivity index (χ0v) is 8.75. The van der Waals surface area contributed by atoms with E-state index in [9.17, 15) is 9.59 Å². The monoisotopic (exact) mass is 209 g/mol. The van der Waals surface area contributed by atoms with Crippen LogP contribution in [0.1, 0.15) is 24.3 Å². The molecule has 0 amide bonds. The number of likely N-dealkylation sites (tertiary alicyclic amines) is 1. The number of rotatable bonds is 1. The molecule has 0 aromatic carbocycles. The summed E-state index contributed by atoms with van der Waals surface area (Å²) in [4.78, 5) is 29.4. The van der Waals surface area contributed by atoms with Crippen molar-refractivity contribution >= 4 is 0 Å². The van der Waals surface area contributed by atoms with Gasteiger partial charge in [0, 0.05) is 11.8 Å². The molecule has 1 aromatic heterocycles. The largest absolute Gasteiger partial charge is 0.325 e. The molecule has 0 unspecified atom stereocenters. The van der Waals surface area contributed by atoms with Crippen molar-refractivity contribution in [1.29, 1.82) is 0 Å². The van der Waals surface area contributed by atoms with Gasteiger partial charge in [-0.25, -0.2) is 4.79 Å². The second kappa shape index (κ2) is 4.02. The molecule has 0 atom stereocenters. The number of nitrogens with one attached hydrogen (secondary N) is 2. The smallest absolute Gasteiger partial charge is 0.314 e. The van der Waals surface area contributed by atoms with E-state index in [2.05, 4.69) is 21.9 Å². The van der Waals surface area contributed by atoms with Gasteiger partial charge in [-0.1, -0.05) is 0 Å². The highest BCUT2D eigenvalue weighted by Gasteiger charge is 2.20. The Hall–Kier alpha value is -1.36. The Morgan fingerprint density at radius 1 is 1.33 bits per heavy atom. The summed E-state index contributed by atoms with van der Waals surface area (Å²) in [7, 11) is 2.08. The maximum atomic E-state index is 11.5. The minimum Gasteiger partial charge on any atom is -0.314 e. The van der Waals surface area contributed by atoms with Crippen LogP contribution in [0.3, 0.4) is 0 Å². The van der Waals surface area contributed by atoms with Crippen molar-refractivity contribution in [1.82, 2.24) is 14.9 Å². The average Bonchev–Trinajstić information content (AvgIpc) is 2.20. The van der Waals surface area contributed by atoms with E-state index in [0.29, 0.717) is 5.56 Å². The zero-order chi connectivity index (χ0) is 10.8. The van der Waals surface area contributed by atoms with Crippen LogP contribution in [-0.4, -0.2) is 35.0 Å². The summed E-state index contributed by atoms with van der Waals surface area (Å²) in [6, 6.07) is 0. The molecule has 1 aromatic rings. The summed E-state index contributed by atoms with van der Waals surface area (Å²) in [6.45, 7) is 2.01. The predicted molar refractivity (Wildman–Crippen MR) is 57.2 cm³/mol. The van der Waals surface area contributed by atoms with E-state index in [1.165, 1.54) is 0 Å². The van der Waals surface area contributed by atoms with E-state index in [4.69, 9.17) is 0 Å². The Kier molecular flexibility index (Phi) is 2.73. The van der Waals surface area contributed by atoms with Crippen LogP contribution in [0.25, 0.3) is 0 Å². The molecule has 1 fully saturated rings. The Morgan fingerprint density at radius 3 is 2.60 bits per heavy atom. The normalized spacial score (nSPS) is 19.3. The van der Waals surface area contributed by atoms with Crippen molar-refractivity contribution < 1.29 is 0 Å². The zero-order valence-electron chi connectivity index (χ0n) is 8.75. The van der Waals surface area contributed by atoms with E-state index in [0.717, 1.165) is 25.9 Å². The summed E-state index contributed by atoms with van der Waals surface area (Å²) >= 11 is 0. The van der Waals surface area contributed by atoms with Gasteiger partial charge in [0.15, 0.2) is 0 Å². The van der Waals surface area contributed by atoms with E-state index >= 15 is 0 Å². The molecule has 0 radical (unpaired) electrons. The third kappa shape index (κ3) is 2.18. The van der Waals surface area contributed by atoms with Crippen molar-refractivity contribution in [2.45, 2.75) is 18.8 Å². The van der Waals surface area contributed by atoms with Gasteiger partial charge in [-0.15, -0.1) is 0 Å². The maximum Gasteiger partial charge on any atom is 0.325 e. The number of hydrogen-bond donors (Lipinski definition) is 2. The SMILES string of the molecule is CN1CCC(c2c[nH]c(=O)[nH]c2=O)CC1. The molecule has 0 aliphatic carbocycles. The van der Waals surface area contributed by atoms with Crippen molar-refractivity contribution in [2.75, 3.05) is 20.1 Å². The van der Waals surface area contributed by atoms with E-state index < -0.39 is 5.69 Å². The standard InChI is InChI=1S/C10H15N3O2/c1-13-4-2-7(3-5-13)8-6-11-10(15)12-9(8)14/h6-7H,2-5H2,1H3,(H2,11,12,14,15). The fourth-order valence-corrected chi connectivity index (χ4v) is 2.04. The molecule has 15 heavy (non-hydrogen) atoms. The van der Waals surface area contributed by atoms with E-state index in [1.807, 2.05) is 0 Å². The molecule has 1 aliphatic heterocycles. The first kappa shape index (κ1) is 10.2. The number of hydrogen-bond acceptors (Lipinski definition) is 3. The first-order valence-electron chi connectivity index (χ1n) is 5.17. The second-order valence-corrected chi connectivity index (χ2v) is 4.10. The molecular formula is C10H15N3O2. The van der Waals surface area contributed by atoms with Gasteiger partial charge in [0.1, 0.15) is 0 Å². The Labute approximate surface area is 87.1 Å². The van der Waals surface area contributed by atoms with Crippen molar-refractivity contribution in [3.8, 4) is 0 Å². The summed E-state index contributed by atoms with van der Waals surface area (Å²) < 4.78 is 0. The highest BCUT2D eigenvalue weighted by atomic mass is 16.2. The Bertz CT molecular complexity index is 440. The van der Waals surface area contributed by atoms with Crippen LogP contribution in [-0.2, 0) is 0 Å². The average molecular weight is 209 g/mol. The molecule has 82 valence electrons. The molecule has 5 nitrogen and oxygen atoms in total. The van der Waals surface area contributed by atoms with Crippen molar-refractivity contribution in [2.24, 2.45) is 0 Å². The topological polar surface area (TPSA) is 69.0 Å². The first-order chi connectivity index (χ1) is 7.16. The predicted octanol–water partition coefficient (Wildman–Crippen LogP) is -0.128. The van der Waals surface area contributed by atoms with Gasteiger partial charge in [0.05, 0.1) is 0 Å². The summed E-state index contributed by atoms with van der Waals surface area (Å²) in [6.07, 6.45) is 3.51. The first-order valence-corrected chi connectivity index (χ1v) is 5.17. The molecule has 2 rings (SSSR count). The molecule has 2 N–H and O–H groups in total. The second-order valence-electron chi connectivity index (χ2n) is 4.10. The molecule has 1 saturated heterocycles. The van der Waals surface area contributed by atoms with Gasteiger partial charge in [0.2, 0.25) is 0 Å². The molecule has 0 bridgehead atoms. The summed E-state index contributed by atoms with van der Waals surface area (Å²) in [5.74, 6) is 0.279. The van der Waals surface area contributed by atoms with Crippen LogP contribution in [0.4, 0.5) is 0 Å². The van der Waals surface area contributed by atoms with E-state index in [1.54, 1.807) is 6.20 Å².